The number of rotatable bonds is 3. The van der Waals surface area contributed by atoms with Gasteiger partial charge in [-0.15, -0.1) is 0 Å². The summed E-state index contributed by atoms with van der Waals surface area (Å²) in [6.45, 7) is 0.413. The zero-order valence-electron chi connectivity index (χ0n) is 14.0. The molecule has 6 heteroatoms. The maximum absolute atomic E-state index is 12.6. The van der Waals surface area contributed by atoms with Crippen molar-refractivity contribution in [1.82, 2.24) is 4.31 Å². The molecule has 1 N–H and O–H groups in total. The molecule has 1 unspecified atom stereocenters. The molecule has 4 rings (SSSR count). The van der Waals surface area contributed by atoms with Crippen molar-refractivity contribution in [2.45, 2.75) is 25.3 Å². The van der Waals surface area contributed by atoms with Gasteiger partial charge in [0.2, 0.25) is 15.9 Å². The first-order valence-electron chi connectivity index (χ1n) is 8.42. The van der Waals surface area contributed by atoms with Crippen molar-refractivity contribution < 1.29 is 13.2 Å². The lowest BCUT2D eigenvalue weighted by Gasteiger charge is -2.21. The van der Waals surface area contributed by atoms with E-state index in [1.807, 2.05) is 30.3 Å². The highest BCUT2D eigenvalue weighted by atomic mass is 32.2. The molecule has 0 bridgehead atoms. The molecule has 1 aliphatic carbocycles. The Bertz CT molecular complexity index is 953. The zero-order valence-corrected chi connectivity index (χ0v) is 14.8. The summed E-state index contributed by atoms with van der Waals surface area (Å²) in [6.07, 6.45) is 3.29. The first kappa shape index (κ1) is 16.3. The number of anilines is 1. The molecule has 2 aromatic rings. The minimum Gasteiger partial charge on any atom is -0.325 e. The van der Waals surface area contributed by atoms with Crippen LogP contribution in [0, 0.1) is 0 Å². The highest BCUT2D eigenvalue weighted by molar-refractivity contribution is 7.88. The molecule has 5 nitrogen and oxygen atoms in total. The van der Waals surface area contributed by atoms with E-state index in [0.29, 0.717) is 19.4 Å². The molecule has 1 saturated heterocycles. The molecule has 0 aromatic heterocycles. The number of sulfonamides is 1. The van der Waals surface area contributed by atoms with Gasteiger partial charge in [0.1, 0.15) is 6.04 Å². The van der Waals surface area contributed by atoms with Crippen LogP contribution in [0.5, 0.6) is 0 Å². The van der Waals surface area contributed by atoms with E-state index >= 15 is 0 Å². The lowest BCUT2D eigenvalue weighted by Crippen LogP contribution is -2.42. The summed E-state index contributed by atoms with van der Waals surface area (Å²) >= 11 is 0. The third kappa shape index (κ3) is 2.96. The molecule has 1 amide bonds. The minimum atomic E-state index is -3.36. The van der Waals surface area contributed by atoms with Gasteiger partial charge in [0.25, 0.3) is 0 Å². The summed E-state index contributed by atoms with van der Waals surface area (Å²) in [5.41, 5.74) is 5.64. The largest absolute Gasteiger partial charge is 0.325 e. The van der Waals surface area contributed by atoms with E-state index in [9.17, 15) is 13.2 Å². The summed E-state index contributed by atoms with van der Waals surface area (Å²) in [4.78, 5) is 12.6. The molecule has 1 heterocycles. The zero-order chi connectivity index (χ0) is 17.6. The summed E-state index contributed by atoms with van der Waals surface area (Å²) in [5.74, 6) is -0.251. The Kier molecular flexibility index (Phi) is 3.89. The predicted molar refractivity (Wildman–Crippen MR) is 97.9 cm³/mol. The second kappa shape index (κ2) is 5.97. The van der Waals surface area contributed by atoms with Crippen LogP contribution in [-0.4, -0.2) is 37.5 Å². The molecule has 1 fully saturated rings. The number of carbonyl (C=O) groups excluding carboxylic acids is 1. The average Bonchev–Trinajstić information content (AvgIpc) is 3.18. The SMILES string of the molecule is CS(=O)(=O)N1CCCC1C(=O)Nc1ccc2c(c1)Cc1ccccc1-2. The Labute approximate surface area is 147 Å². The Hall–Kier alpha value is -2.18. The predicted octanol–water partition coefficient (Wildman–Crippen LogP) is 2.62. The monoisotopic (exact) mass is 356 g/mol. The number of benzene rings is 2. The van der Waals surface area contributed by atoms with Crippen molar-refractivity contribution in [1.29, 1.82) is 0 Å². The van der Waals surface area contributed by atoms with E-state index in [0.717, 1.165) is 18.4 Å². The summed E-state index contributed by atoms with van der Waals surface area (Å²) < 4.78 is 24.9. The number of nitrogens with one attached hydrogen (secondary N) is 1. The number of hydrogen-bond donors (Lipinski definition) is 1. The Balaban J connectivity index is 1.55. The van der Waals surface area contributed by atoms with Crippen LogP contribution in [0.25, 0.3) is 11.1 Å². The normalized spacial score (nSPS) is 19.5. The Morgan fingerprint density at radius 3 is 2.68 bits per heavy atom. The van der Waals surface area contributed by atoms with E-state index in [-0.39, 0.29) is 5.91 Å². The fraction of sp³-hybridized carbons (Fsp3) is 0.316. The van der Waals surface area contributed by atoms with Crippen molar-refractivity contribution in [2.24, 2.45) is 0 Å². The van der Waals surface area contributed by atoms with Crippen LogP contribution in [0.1, 0.15) is 24.0 Å². The quantitative estimate of drug-likeness (QED) is 0.784. The van der Waals surface area contributed by atoms with Crippen molar-refractivity contribution >= 4 is 21.6 Å². The lowest BCUT2D eigenvalue weighted by atomic mass is 10.1. The maximum atomic E-state index is 12.6. The van der Waals surface area contributed by atoms with E-state index in [1.54, 1.807) is 0 Å². The molecule has 0 radical (unpaired) electrons. The van der Waals surface area contributed by atoms with Crippen LogP contribution in [0.15, 0.2) is 42.5 Å². The summed E-state index contributed by atoms with van der Waals surface area (Å²) in [5, 5.41) is 2.90. The van der Waals surface area contributed by atoms with Crippen molar-refractivity contribution in [3.05, 3.63) is 53.6 Å². The standard InChI is InChI=1S/C19H20N2O3S/c1-25(23,24)21-10-4-7-18(21)19(22)20-15-8-9-17-14(12-15)11-13-5-2-3-6-16(13)17/h2-3,5-6,8-9,12,18H,4,7,10-11H2,1H3,(H,20,22). The number of carbonyl (C=O) groups is 1. The van der Waals surface area contributed by atoms with E-state index in [2.05, 4.69) is 17.4 Å². The Morgan fingerprint density at radius 1 is 1.12 bits per heavy atom. The van der Waals surface area contributed by atoms with Crippen LogP contribution in [0.3, 0.4) is 0 Å². The summed E-state index contributed by atoms with van der Waals surface area (Å²) in [6, 6.07) is 13.6. The highest BCUT2D eigenvalue weighted by Gasteiger charge is 2.36. The maximum Gasteiger partial charge on any atom is 0.242 e. The van der Waals surface area contributed by atoms with E-state index in [1.165, 1.54) is 26.6 Å². The van der Waals surface area contributed by atoms with Crippen molar-refractivity contribution in [3.63, 3.8) is 0 Å². The van der Waals surface area contributed by atoms with E-state index < -0.39 is 16.1 Å². The molecule has 0 saturated carbocycles. The molecule has 0 spiro atoms. The fourth-order valence-electron chi connectivity index (χ4n) is 3.85. The number of amides is 1. The van der Waals surface area contributed by atoms with Gasteiger partial charge < -0.3 is 5.32 Å². The van der Waals surface area contributed by atoms with Crippen LogP contribution in [0.2, 0.25) is 0 Å². The molecule has 25 heavy (non-hydrogen) atoms. The van der Waals surface area contributed by atoms with Gasteiger partial charge >= 0.3 is 0 Å². The van der Waals surface area contributed by atoms with Gasteiger partial charge in [0, 0.05) is 12.2 Å². The topological polar surface area (TPSA) is 66.5 Å². The highest BCUT2D eigenvalue weighted by Crippen LogP contribution is 2.37. The molecule has 130 valence electrons. The van der Waals surface area contributed by atoms with E-state index in [4.69, 9.17) is 0 Å². The van der Waals surface area contributed by atoms with Gasteiger partial charge in [-0.25, -0.2) is 8.42 Å². The fourth-order valence-corrected chi connectivity index (χ4v) is 4.97. The smallest absolute Gasteiger partial charge is 0.242 e. The average molecular weight is 356 g/mol. The number of fused-ring (bicyclic) bond motifs is 3. The second-order valence-corrected chi connectivity index (χ2v) is 8.66. The summed E-state index contributed by atoms with van der Waals surface area (Å²) in [7, 11) is -3.36. The van der Waals surface area contributed by atoms with Gasteiger partial charge in [0.15, 0.2) is 0 Å². The van der Waals surface area contributed by atoms with Gasteiger partial charge in [-0.2, -0.15) is 4.31 Å². The number of nitrogens with zero attached hydrogens (tertiary/aromatic N) is 1. The van der Waals surface area contributed by atoms with Crippen molar-refractivity contribution in [2.75, 3.05) is 18.1 Å². The van der Waals surface area contributed by atoms with Gasteiger partial charge in [0.05, 0.1) is 6.26 Å². The molecule has 2 aliphatic rings. The first-order valence-corrected chi connectivity index (χ1v) is 10.3. The third-order valence-electron chi connectivity index (χ3n) is 4.99. The van der Waals surface area contributed by atoms with Crippen LogP contribution >= 0.6 is 0 Å². The van der Waals surface area contributed by atoms with Gasteiger partial charge in [-0.3, -0.25) is 4.79 Å². The number of hydrogen-bond acceptors (Lipinski definition) is 3. The van der Waals surface area contributed by atoms with Crippen LogP contribution < -0.4 is 5.32 Å². The van der Waals surface area contributed by atoms with Crippen molar-refractivity contribution in [3.8, 4) is 11.1 Å². The van der Waals surface area contributed by atoms with Crippen LogP contribution in [0.4, 0.5) is 5.69 Å². The molecule has 1 atom stereocenters. The molecular weight excluding hydrogens is 336 g/mol. The second-order valence-electron chi connectivity index (χ2n) is 6.73. The first-order chi connectivity index (χ1) is 11.9. The van der Waals surface area contributed by atoms with Gasteiger partial charge in [-0.1, -0.05) is 30.3 Å². The Morgan fingerprint density at radius 2 is 1.88 bits per heavy atom. The molecule has 2 aromatic carbocycles. The molecular formula is C19H20N2O3S. The van der Waals surface area contributed by atoms with Gasteiger partial charge in [-0.05, 0) is 53.6 Å². The minimum absolute atomic E-state index is 0.251. The molecule has 1 aliphatic heterocycles. The van der Waals surface area contributed by atoms with Crippen LogP contribution in [-0.2, 0) is 21.2 Å². The third-order valence-corrected chi connectivity index (χ3v) is 6.28. The lowest BCUT2D eigenvalue weighted by molar-refractivity contribution is -0.119.